The van der Waals surface area contributed by atoms with Gasteiger partial charge in [-0.25, -0.2) is 0 Å². The van der Waals surface area contributed by atoms with Gasteiger partial charge in [0, 0.05) is 18.8 Å². The van der Waals surface area contributed by atoms with Gasteiger partial charge in [0.2, 0.25) is 0 Å². The van der Waals surface area contributed by atoms with E-state index in [0.717, 1.165) is 24.2 Å². The van der Waals surface area contributed by atoms with Crippen LogP contribution in [0.1, 0.15) is 30.5 Å². The lowest BCUT2D eigenvalue weighted by Crippen LogP contribution is -2.21. The summed E-state index contributed by atoms with van der Waals surface area (Å²) in [5.74, 6) is 0. The molecule has 27 heavy (non-hydrogen) atoms. The molecular weight excluding hydrogens is 332 g/mol. The maximum atomic E-state index is 9.20. The van der Waals surface area contributed by atoms with Gasteiger partial charge in [0.05, 0.1) is 5.57 Å². The number of hydrogen-bond acceptors (Lipinski definition) is 4. The first-order chi connectivity index (χ1) is 13.2. The molecule has 0 bridgehead atoms. The predicted octanol–water partition coefficient (Wildman–Crippen LogP) is 5.03. The highest BCUT2D eigenvalue weighted by atomic mass is 15.1. The molecule has 2 aromatic carbocycles. The summed E-state index contributed by atoms with van der Waals surface area (Å²) in [7, 11) is 0. The van der Waals surface area contributed by atoms with Gasteiger partial charge in [0.1, 0.15) is 23.8 Å². The van der Waals surface area contributed by atoms with Gasteiger partial charge in [0.15, 0.2) is 0 Å². The summed E-state index contributed by atoms with van der Waals surface area (Å²) in [6, 6.07) is 21.1. The molecule has 0 N–H and O–H groups in total. The fourth-order valence-corrected chi connectivity index (χ4v) is 2.74. The third-order valence-corrected chi connectivity index (χ3v) is 4.27. The van der Waals surface area contributed by atoms with Crippen molar-refractivity contribution in [1.82, 2.24) is 0 Å². The largest absolute Gasteiger partial charge is 0.372 e. The molecule has 0 atom stereocenters. The molecule has 0 fully saturated rings. The molecule has 0 aliphatic heterocycles. The van der Waals surface area contributed by atoms with Crippen molar-refractivity contribution < 1.29 is 0 Å². The lowest BCUT2D eigenvalue weighted by molar-refractivity contribution is 0.866. The standard InChI is InChI=1S/C23H20N4/c1-3-27(4-2)22-13-9-19(10-14-22)6-5-18-7-11-20(12-8-18)23(17-26)21(15-24)16-25/h5-14H,3-4H2,1-2H3/b6-5+. The first-order valence-electron chi connectivity index (χ1n) is 8.74. The number of anilines is 1. The van der Waals surface area contributed by atoms with E-state index < -0.39 is 0 Å². The minimum atomic E-state index is -0.172. The second-order valence-corrected chi connectivity index (χ2v) is 5.80. The fraction of sp³-hybridized carbons (Fsp3) is 0.174. The Morgan fingerprint density at radius 1 is 0.778 bits per heavy atom. The zero-order chi connectivity index (χ0) is 19.6. The molecule has 4 heteroatoms. The van der Waals surface area contributed by atoms with E-state index in [1.807, 2.05) is 30.4 Å². The molecule has 0 heterocycles. The highest BCUT2D eigenvalue weighted by Gasteiger charge is 2.08. The van der Waals surface area contributed by atoms with Crippen molar-refractivity contribution in [2.24, 2.45) is 0 Å². The number of allylic oxidation sites excluding steroid dienone is 2. The zero-order valence-electron chi connectivity index (χ0n) is 15.5. The Balaban J connectivity index is 2.17. The van der Waals surface area contributed by atoms with Crippen LogP contribution in [0.4, 0.5) is 5.69 Å². The Bertz CT molecular complexity index is 940. The number of rotatable bonds is 6. The van der Waals surface area contributed by atoms with Crippen molar-refractivity contribution in [1.29, 1.82) is 15.8 Å². The predicted molar refractivity (Wildman–Crippen MR) is 109 cm³/mol. The molecule has 0 aromatic heterocycles. The van der Waals surface area contributed by atoms with E-state index in [1.54, 1.807) is 24.3 Å². The number of hydrogen-bond donors (Lipinski definition) is 0. The number of benzene rings is 2. The molecule has 0 radical (unpaired) electrons. The quantitative estimate of drug-likeness (QED) is 0.540. The Morgan fingerprint density at radius 2 is 1.26 bits per heavy atom. The van der Waals surface area contributed by atoms with Crippen LogP contribution in [0.3, 0.4) is 0 Å². The second-order valence-electron chi connectivity index (χ2n) is 5.80. The third kappa shape index (κ3) is 4.85. The normalized spacial score (nSPS) is 9.89. The van der Waals surface area contributed by atoms with Crippen molar-refractivity contribution in [2.75, 3.05) is 18.0 Å². The highest BCUT2D eigenvalue weighted by Crippen LogP contribution is 2.20. The smallest absolute Gasteiger partial charge is 0.148 e. The van der Waals surface area contributed by atoms with E-state index in [-0.39, 0.29) is 11.1 Å². The summed E-state index contributed by atoms with van der Waals surface area (Å²) in [5.41, 5.74) is 3.78. The van der Waals surface area contributed by atoms with E-state index in [4.69, 9.17) is 10.5 Å². The van der Waals surface area contributed by atoms with Gasteiger partial charge < -0.3 is 4.90 Å². The van der Waals surface area contributed by atoms with Crippen molar-refractivity contribution in [3.8, 4) is 18.2 Å². The van der Waals surface area contributed by atoms with Crippen LogP contribution in [0, 0.1) is 34.0 Å². The van der Waals surface area contributed by atoms with E-state index in [2.05, 4.69) is 43.0 Å². The molecule has 0 aliphatic rings. The van der Waals surface area contributed by atoms with Crippen LogP contribution in [0.5, 0.6) is 0 Å². The van der Waals surface area contributed by atoms with Gasteiger partial charge in [0.25, 0.3) is 0 Å². The maximum Gasteiger partial charge on any atom is 0.148 e. The van der Waals surface area contributed by atoms with E-state index >= 15 is 0 Å². The van der Waals surface area contributed by atoms with Gasteiger partial charge in [-0.3, -0.25) is 0 Å². The first-order valence-corrected chi connectivity index (χ1v) is 8.74. The monoisotopic (exact) mass is 352 g/mol. The molecule has 0 aliphatic carbocycles. The van der Waals surface area contributed by atoms with Gasteiger partial charge in [-0.05, 0) is 42.7 Å². The third-order valence-electron chi connectivity index (χ3n) is 4.27. The first kappa shape index (κ1) is 19.5. The van der Waals surface area contributed by atoms with Crippen LogP contribution >= 0.6 is 0 Å². The molecule has 132 valence electrons. The molecule has 4 nitrogen and oxygen atoms in total. The van der Waals surface area contributed by atoms with Gasteiger partial charge in [-0.15, -0.1) is 0 Å². The minimum Gasteiger partial charge on any atom is -0.372 e. The average Bonchev–Trinajstić information content (AvgIpc) is 2.72. The van der Waals surface area contributed by atoms with Crippen LogP contribution in [-0.2, 0) is 0 Å². The Morgan fingerprint density at radius 3 is 1.67 bits per heavy atom. The lowest BCUT2D eigenvalue weighted by atomic mass is 10.0. The van der Waals surface area contributed by atoms with Crippen LogP contribution in [0.2, 0.25) is 0 Å². The van der Waals surface area contributed by atoms with Gasteiger partial charge in [-0.1, -0.05) is 48.6 Å². The Hall–Kier alpha value is -3.81. The molecule has 0 amide bonds. The fourth-order valence-electron chi connectivity index (χ4n) is 2.74. The molecule has 0 spiro atoms. The van der Waals surface area contributed by atoms with Crippen molar-refractivity contribution >= 4 is 23.4 Å². The lowest BCUT2D eigenvalue weighted by Gasteiger charge is -2.20. The number of nitrogens with zero attached hydrogens (tertiary/aromatic N) is 4. The molecular formula is C23H20N4. The molecule has 0 saturated heterocycles. The second kappa shape index (κ2) is 9.62. The van der Waals surface area contributed by atoms with Crippen LogP contribution in [0.15, 0.2) is 54.1 Å². The summed E-state index contributed by atoms with van der Waals surface area (Å²) >= 11 is 0. The van der Waals surface area contributed by atoms with Crippen molar-refractivity contribution in [2.45, 2.75) is 13.8 Å². The molecule has 0 unspecified atom stereocenters. The summed E-state index contributed by atoms with van der Waals surface area (Å²) in [6.45, 7) is 6.25. The SMILES string of the molecule is CCN(CC)c1ccc(/C=C/c2ccc(C(C#N)=C(C#N)C#N)cc2)cc1. The average molecular weight is 352 g/mol. The van der Waals surface area contributed by atoms with Crippen molar-refractivity contribution in [3.63, 3.8) is 0 Å². The summed E-state index contributed by atoms with van der Waals surface area (Å²) < 4.78 is 0. The summed E-state index contributed by atoms with van der Waals surface area (Å²) in [4.78, 5) is 2.29. The number of nitriles is 3. The zero-order valence-corrected chi connectivity index (χ0v) is 15.5. The van der Waals surface area contributed by atoms with Crippen LogP contribution < -0.4 is 4.90 Å². The topological polar surface area (TPSA) is 74.6 Å². The molecule has 0 saturated carbocycles. The Labute approximate surface area is 160 Å². The highest BCUT2D eigenvalue weighted by molar-refractivity contribution is 5.84. The van der Waals surface area contributed by atoms with E-state index in [0.29, 0.717) is 5.56 Å². The molecule has 2 rings (SSSR count). The van der Waals surface area contributed by atoms with Crippen molar-refractivity contribution in [3.05, 3.63) is 70.8 Å². The van der Waals surface area contributed by atoms with E-state index in [9.17, 15) is 5.26 Å². The van der Waals surface area contributed by atoms with E-state index in [1.165, 1.54) is 5.69 Å². The summed E-state index contributed by atoms with van der Waals surface area (Å²) in [6.07, 6.45) is 4.01. The minimum absolute atomic E-state index is 0.0996. The van der Waals surface area contributed by atoms with Gasteiger partial charge >= 0.3 is 0 Å². The van der Waals surface area contributed by atoms with Gasteiger partial charge in [-0.2, -0.15) is 15.8 Å². The van der Waals surface area contributed by atoms with Crippen LogP contribution in [-0.4, -0.2) is 13.1 Å². The maximum absolute atomic E-state index is 9.20. The van der Waals surface area contributed by atoms with Crippen LogP contribution in [0.25, 0.3) is 17.7 Å². The molecule has 2 aromatic rings. The summed E-state index contributed by atoms with van der Waals surface area (Å²) in [5, 5.41) is 27.1. The Kier molecular flexibility index (Phi) is 6.95.